The molecule has 0 bridgehead atoms. The van der Waals surface area contributed by atoms with Crippen LogP contribution in [0.1, 0.15) is 12.0 Å². The Morgan fingerprint density at radius 2 is 1.92 bits per heavy atom. The average Bonchev–Trinajstić information content (AvgIpc) is 3.03. The van der Waals surface area contributed by atoms with Crippen LogP contribution in [0.5, 0.6) is 0 Å². The minimum Gasteiger partial charge on any atom is -0.349 e. The van der Waals surface area contributed by atoms with Crippen LogP contribution in [0.4, 0.5) is 5.69 Å². The number of H-pyrrole nitrogens is 1. The van der Waals surface area contributed by atoms with Crippen LogP contribution >= 0.6 is 0 Å². The SMILES string of the molecule is Cc1ccc(NC(=O)CCn2cnc3c([nH]c4ccccc43)c2=O)cc1. The highest BCUT2D eigenvalue weighted by molar-refractivity contribution is 6.04. The van der Waals surface area contributed by atoms with Gasteiger partial charge in [0.05, 0.1) is 6.33 Å². The lowest BCUT2D eigenvalue weighted by molar-refractivity contribution is -0.116. The molecule has 4 rings (SSSR count). The molecule has 0 aliphatic carbocycles. The molecule has 6 nitrogen and oxygen atoms in total. The minimum absolute atomic E-state index is 0.141. The summed E-state index contributed by atoms with van der Waals surface area (Å²) in [6, 6.07) is 15.3. The van der Waals surface area contributed by atoms with Crippen LogP contribution < -0.4 is 10.9 Å². The van der Waals surface area contributed by atoms with Crippen LogP contribution in [-0.4, -0.2) is 20.4 Å². The molecule has 4 aromatic rings. The lowest BCUT2D eigenvalue weighted by atomic mass is 10.2. The number of para-hydroxylation sites is 1. The molecule has 2 heterocycles. The molecule has 1 amide bonds. The summed E-state index contributed by atoms with van der Waals surface area (Å²) in [5, 5.41) is 3.76. The largest absolute Gasteiger partial charge is 0.349 e. The van der Waals surface area contributed by atoms with Crippen molar-refractivity contribution in [3.05, 3.63) is 70.8 Å². The van der Waals surface area contributed by atoms with E-state index in [4.69, 9.17) is 0 Å². The molecule has 0 unspecified atom stereocenters. The highest BCUT2D eigenvalue weighted by Crippen LogP contribution is 2.20. The number of amides is 1. The minimum atomic E-state index is -0.172. The van der Waals surface area contributed by atoms with Crippen LogP contribution in [0.15, 0.2) is 59.7 Å². The zero-order valence-corrected chi connectivity index (χ0v) is 14.3. The first kappa shape index (κ1) is 16.1. The Balaban J connectivity index is 1.53. The van der Waals surface area contributed by atoms with E-state index in [0.717, 1.165) is 22.2 Å². The fourth-order valence-corrected chi connectivity index (χ4v) is 2.98. The molecule has 2 N–H and O–H groups in total. The Hall–Kier alpha value is -3.41. The fourth-order valence-electron chi connectivity index (χ4n) is 2.98. The van der Waals surface area contributed by atoms with Crippen molar-refractivity contribution in [2.24, 2.45) is 0 Å². The highest BCUT2D eigenvalue weighted by Gasteiger charge is 2.11. The number of rotatable bonds is 4. The Labute approximate surface area is 149 Å². The Kier molecular flexibility index (Phi) is 4.01. The maximum atomic E-state index is 12.7. The van der Waals surface area contributed by atoms with Gasteiger partial charge in [-0.05, 0) is 25.1 Å². The molecule has 0 saturated carbocycles. The van der Waals surface area contributed by atoms with Crippen LogP contribution in [0, 0.1) is 6.92 Å². The predicted molar refractivity (Wildman–Crippen MR) is 102 cm³/mol. The van der Waals surface area contributed by atoms with Gasteiger partial charge in [-0.15, -0.1) is 0 Å². The van der Waals surface area contributed by atoms with Crippen LogP contribution in [0.3, 0.4) is 0 Å². The van der Waals surface area contributed by atoms with Crippen LogP contribution in [0.25, 0.3) is 21.9 Å². The predicted octanol–water partition coefficient (Wildman–Crippen LogP) is 3.22. The van der Waals surface area contributed by atoms with Gasteiger partial charge in [-0.3, -0.25) is 14.2 Å². The molecule has 2 aromatic carbocycles. The van der Waals surface area contributed by atoms with E-state index in [1.807, 2.05) is 55.5 Å². The summed E-state index contributed by atoms with van der Waals surface area (Å²) in [7, 11) is 0. The summed E-state index contributed by atoms with van der Waals surface area (Å²) < 4.78 is 1.46. The second kappa shape index (κ2) is 6.48. The zero-order valence-electron chi connectivity index (χ0n) is 14.3. The number of hydrogen-bond acceptors (Lipinski definition) is 3. The van der Waals surface area contributed by atoms with Crippen LogP contribution in [0.2, 0.25) is 0 Å². The van der Waals surface area contributed by atoms with E-state index < -0.39 is 0 Å². The Morgan fingerprint density at radius 1 is 1.15 bits per heavy atom. The van der Waals surface area contributed by atoms with Crippen molar-refractivity contribution in [3.8, 4) is 0 Å². The Morgan fingerprint density at radius 3 is 2.73 bits per heavy atom. The molecule has 0 saturated heterocycles. The molecule has 2 aromatic heterocycles. The van der Waals surface area contributed by atoms with Crippen molar-refractivity contribution in [3.63, 3.8) is 0 Å². The number of aromatic amines is 1. The smallest absolute Gasteiger partial charge is 0.277 e. The normalized spacial score (nSPS) is 11.1. The van der Waals surface area contributed by atoms with Gasteiger partial charge in [-0.2, -0.15) is 0 Å². The third-order valence-corrected chi connectivity index (χ3v) is 4.39. The monoisotopic (exact) mass is 346 g/mol. The van der Waals surface area contributed by atoms with E-state index in [9.17, 15) is 9.59 Å². The highest BCUT2D eigenvalue weighted by atomic mass is 16.2. The molecule has 0 fully saturated rings. The molecular formula is C20H18N4O2. The van der Waals surface area contributed by atoms with E-state index in [1.54, 1.807) is 0 Å². The topological polar surface area (TPSA) is 79.8 Å². The number of carbonyl (C=O) groups excluding carboxylic acids is 1. The van der Waals surface area contributed by atoms with Crippen LogP contribution in [-0.2, 0) is 11.3 Å². The first-order valence-corrected chi connectivity index (χ1v) is 8.44. The molecule has 130 valence electrons. The molecule has 0 spiro atoms. The second-order valence-corrected chi connectivity index (χ2v) is 6.30. The molecule has 6 heteroatoms. The first-order chi connectivity index (χ1) is 12.6. The zero-order chi connectivity index (χ0) is 18.1. The fraction of sp³-hybridized carbons (Fsp3) is 0.150. The van der Waals surface area contributed by atoms with Gasteiger partial charge in [0, 0.05) is 29.6 Å². The molecule has 0 radical (unpaired) electrons. The summed E-state index contributed by atoms with van der Waals surface area (Å²) in [5.41, 5.74) is 3.71. The lowest BCUT2D eigenvalue weighted by Gasteiger charge is -2.07. The quantitative estimate of drug-likeness (QED) is 0.595. The molecule has 0 aliphatic heterocycles. The number of carbonyl (C=O) groups is 1. The number of aromatic nitrogens is 3. The Bertz CT molecular complexity index is 1160. The number of aryl methyl sites for hydroxylation is 2. The van der Waals surface area contributed by atoms with E-state index in [0.29, 0.717) is 11.0 Å². The van der Waals surface area contributed by atoms with Crippen molar-refractivity contribution in [1.29, 1.82) is 0 Å². The summed E-state index contributed by atoms with van der Waals surface area (Å²) in [6.45, 7) is 2.26. The number of benzene rings is 2. The van der Waals surface area contributed by atoms with Crippen molar-refractivity contribution in [1.82, 2.24) is 14.5 Å². The van der Waals surface area contributed by atoms with Crippen molar-refractivity contribution < 1.29 is 4.79 Å². The summed E-state index contributed by atoms with van der Waals surface area (Å²) in [4.78, 5) is 32.3. The number of anilines is 1. The standard InChI is InChI=1S/C20H18N4O2/c1-13-6-8-14(9-7-13)22-17(25)10-11-24-12-21-18-15-4-2-3-5-16(15)23-19(18)20(24)26/h2-9,12,23H,10-11H2,1H3,(H,22,25). The van der Waals surface area contributed by atoms with Gasteiger partial charge in [0.25, 0.3) is 5.56 Å². The molecule has 0 atom stereocenters. The van der Waals surface area contributed by atoms with Crippen molar-refractivity contribution >= 4 is 33.5 Å². The van der Waals surface area contributed by atoms with Gasteiger partial charge < -0.3 is 10.3 Å². The van der Waals surface area contributed by atoms with Gasteiger partial charge in [0.1, 0.15) is 11.0 Å². The maximum absolute atomic E-state index is 12.7. The first-order valence-electron chi connectivity index (χ1n) is 8.44. The van der Waals surface area contributed by atoms with E-state index in [1.165, 1.54) is 10.9 Å². The number of fused-ring (bicyclic) bond motifs is 3. The maximum Gasteiger partial charge on any atom is 0.277 e. The molecular weight excluding hydrogens is 328 g/mol. The van der Waals surface area contributed by atoms with Crippen molar-refractivity contribution in [2.75, 3.05) is 5.32 Å². The molecule has 0 aliphatic rings. The number of nitrogens with one attached hydrogen (secondary N) is 2. The van der Waals surface area contributed by atoms with E-state index in [2.05, 4.69) is 15.3 Å². The van der Waals surface area contributed by atoms with Gasteiger partial charge in [0.2, 0.25) is 5.91 Å². The second-order valence-electron chi connectivity index (χ2n) is 6.30. The van der Waals surface area contributed by atoms with Gasteiger partial charge in [0.15, 0.2) is 0 Å². The average molecular weight is 346 g/mol. The number of nitrogens with zero attached hydrogens (tertiary/aromatic N) is 2. The van der Waals surface area contributed by atoms with Gasteiger partial charge in [-0.1, -0.05) is 35.9 Å². The summed E-state index contributed by atoms with van der Waals surface area (Å²) in [6.07, 6.45) is 1.70. The van der Waals surface area contributed by atoms with E-state index >= 15 is 0 Å². The van der Waals surface area contributed by atoms with E-state index in [-0.39, 0.29) is 24.4 Å². The third-order valence-electron chi connectivity index (χ3n) is 4.39. The van der Waals surface area contributed by atoms with Crippen molar-refractivity contribution in [2.45, 2.75) is 19.9 Å². The summed E-state index contributed by atoms with van der Waals surface area (Å²) in [5.74, 6) is -0.141. The molecule has 26 heavy (non-hydrogen) atoms. The lowest BCUT2D eigenvalue weighted by Crippen LogP contribution is -2.23. The van der Waals surface area contributed by atoms with Gasteiger partial charge >= 0.3 is 0 Å². The van der Waals surface area contributed by atoms with Gasteiger partial charge in [-0.25, -0.2) is 4.98 Å². The number of hydrogen-bond donors (Lipinski definition) is 2. The third kappa shape index (κ3) is 2.97. The summed E-state index contributed by atoms with van der Waals surface area (Å²) >= 11 is 0.